The molecular formula is C20H28O4S. The molecule has 0 spiro atoms. The van der Waals surface area contributed by atoms with E-state index in [1.807, 2.05) is 24.4 Å². The second-order valence-corrected chi connectivity index (χ2v) is 7.70. The predicted octanol–water partition coefficient (Wildman–Crippen LogP) is 4.70. The average Bonchev–Trinajstić information content (AvgIpc) is 2.98. The number of carbonyl (C=O) groups is 2. The van der Waals surface area contributed by atoms with Crippen molar-refractivity contribution in [1.82, 2.24) is 0 Å². The fourth-order valence-electron chi connectivity index (χ4n) is 4.42. The largest absolute Gasteiger partial charge is 0.468 e. The third kappa shape index (κ3) is 2.82. The van der Waals surface area contributed by atoms with Crippen LogP contribution >= 0.6 is 11.3 Å². The van der Waals surface area contributed by atoms with Gasteiger partial charge in [0.1, 0.15) is 0 Å². The minimum Gasteiger partial charge on any atom is -0.468 e. The van der Waals surface area contributed by atoms with Gasteiger partial charge in [-0.25, -0.2) is 0 Å². The van der Waals surface area contributed by atoms with Gasteiger partial charge in [-0.15, -0.1) is 11.3 Å². The summed E-state index contributed by atoms with van der Waals surface area (Å²) in [6.07, 6.45) is 5.02. The number of rotatable bonds is 9. The molecule has 1 saturated carbocycles. The summed E-state index contributed by atoms with van der Waals surface area (Å²) in [6, 6.07) is 3.95. The second-order valence-electron chi connectivity index (χ2n) is 6.75. The molecule has 2 atom stereocenters. The molecule has 1 aromatic heterocycles. The number of carbonyl (C=O) groups excluding carboxylic acids is 2. The minimum atomic E-state index is -1.29. The van der Waals surface area contributed by atoms with Gasteiger partial charge in [-0.05, 0) is 29.4 Å². The third-order valence-electron chi connectivity index (χ3n) is 5.81. The summed E-state index contributed by atoms with van der Waals surface area (Å²) in [6.45, 7) is 8.40. The maximum absolute atomic E-state index is 12.7. The van der Waals surface area contributed by atoms with Gasteiger partial charge in [-0.3, -0.25) is 9.59 Å². The van der Waals surface area contributed by atoms with Gasteiger partial charge in [0.05, 0.1) is 14.2 Å². The van der Waals surface area contributed by atoms with Crippen LogP contribution in [0.2, 0.25) is 0 Å². The van der Waals surface area contributed by atoms with Crippen LogP contribution in [0.25, 0.3) is 5.57 Å². The van der Waals surface area contributed by atoms with E-state index < -0.39 is 22.8 Å². The van der Waals surface area contributed by atoms with Crippen LogP contribution in [-0.4, -0.2) is 26.2 Å². The Morgan fingerprint density at radius 2 is 1.84 bits per heavy atom. The molecule has 0 saturated heterocycles. The van der Waals surface area contributed by atoms with E-state index in [0.29, 0.717) is 0 Å². The zero-order valence-corrected chi connectivity index (χ0v) is 16.4. The summed E-state index contributed by atoms with van der Waals surface area (Å²) in [5, 5.41) is 1.98. The molecule has 0 radical (unpaired) electrons. The van der Waals surface area contributed by atoms with Crippen LogP contribution in [0.1, 0.15) is 50.8 Å². The van der Waals surface area contributed by atoms with Gasteiger partial charge < -0.3 is 9.47 Å². The minimum absolute atomic E-state index is 0.198. The molecule has 0 unspecified atom stereocenters. The van der Waals surface area contributed by atoms with Crippen molar-refractivity contribution >= 4 is 28.8 Å². The fraction of sp³-hybridized carbons (Fsp3) is 0.600. The number of allylic oxidation sites excluding steroid dienone is 1. The standard InChI is InChI=1S/C20H28O4S/c1-6-7-8-9-12-19(14(2)16-11-10-13-25-16)15(3)20(19,17(21)23-4)18(22)24-5/h10-11,13,15H,2,6-9,12H2,1,3-5H3/t15-,19-/m0/s1. The summed E-state index contributed by atoms with van der Waals surface area (Å²) in [5.74, 6) is -1.23. The van der Waals surface area contributed by atoms with Crippen LogP contribution in [0.15, 0.2) is 24.1 Å². The van der Waals surface area contributed by atoms with E-state index in [9.17, 15) is 9.59 Å². The Morgan fingerprint density at radius 3 is 2.32 bits per heavy atom. The molecule has 1 fully saturated rings. The zero-order valence-electron chi connectivity index (χ0n) is 15.6. The Bertz CT molecular complexity index is 618. The maximum atomic E-state index is 12.7. The number of unbranched alkanes of at least 4 members (excludes halogenated alkanes) is 3. The van der Waals surface area contributed by atoms with Gasteiger partial charge in [0.25, 0.3) is 0 Å². The molecule has 2 rings (SSSR count). The lowest BCUT2D eigenvalue weighted by Gasteiger charge is -2.24. The van der Waals surface area contributed by atoms with Crippen LogP contribution in [0, 0.1) is 16.7 Å². The number of hydrogen-bond acceptors (Lipinski definition) is 5. The Labute approximate surface area is 154 Å². The number of hydrogen-bond donors (Lipinski definition) is 0. The second kappa shape index (κ2) is 7.73. The van der Waals surface area contributed by atoms with Crippen molar-refractivity contribution in [3.05, 3.63) is 29.0 Å². The monoisotopic (exact) mass is 364 g/mol. The number of methoxy groups -OCH3 is 2. The van der Waals surface area contributed by atoms with Gasteiger partial charge >= 0.3 is 11.9 Å². The van der Waals surface area contributed by atoms with E-state index in [1.165, 1.54) is 14.2 Å². The molecule has 1 heterocycles. The molecule has 1 aliphatic rings. The lowest BCUT2D eigenvalue weighted by Crippen LogP contribution is -2.35. The lowest BCUT2D eigenvalue weighted by atomic mass is 9.81. The first-order valence-electron chi connectivity index (χ1n) is 8.85. The van der Waals surface area contributed by atoms with Crippen molar-refractivity contribution in [2.24, 2.45) is 16.7 Å². The van der Waals surface area contributed by atoms with Crippen LogP contribution in [0.4, 0.5) is 0 Å². The molecular weight excluding hydrogens is 336 g/mol. The van der Waals surface area contributed by atoms with Crippen LogP contribution in [0.5, 0.6) is 0 Å². The van der Waals surface area contributed by atoms with Crippen LogP contribution in [0.3, 0.4) is 0 Å². The first-order valence-corrected chi connectivity index (χ1v) is 9.73. The average molecular weight is 365 g/mol. The molecule has 1 aliphatic carbocycles. The van der Waals surface area contributed by atoms with Crippen molar-refractivity contribution in [2.75, 3.05) is 14.2 Å². The van der Waals surface area contributed by atoms with Gasteiger partial charge in [0.2, 0.25) is 0 Å². The van der Waals surface area contributed by atoms with E-state index in [1.54, 1.807) is 11.3 Å². The van der Waals surface area contributed by atoms with Crippen LogP contribution in [-0.2, 0) is 19.1 Å². The predicted molar refractivity (Wildman–Crippen MR) is 100 cm³/mol. The Balaban J connectivity index is 2.46. The number of ether oxygens (including phenoxy) is 2. The highest BCUT2D eigenvalue weighted by atomic mass is 32.1. The summed E-state index contributed by atoms with van der Waals surface area (Å²) < 4.78 is 10.1. The van der Waals surface area contributed by atoms with Crippen molar-refractivity contribution < 1.29 is 19.1 Å². The summed E-state index contributed by atoms with van der Waals surface area (Å²) >= 11 is 1.58. The molecule has 0 N–H and O–H groups in total. The van der Waals surface area contributed by atoms with E-state index in [-0.39, 0.29) is 5.92 Å². The Hall–Kier alpha value is -1.62. The highest BCUT2D eigenvalue weighted by Gasteiger charge is 2.84. The smallest absolute Gasteiger partial charge is 0.324 e. The van der Waals surface area contributed by atoms with Crippen molar-refractivity contribution in [3.8, 4) is 0 Å². The van der Waals surface area contributed by atoms with Gasteiger partial charge in [0, 0.05) is 10.3 Å². The molecule has 0 aromatic carbocycles. The fourth-order valence-corrected chi connectivity index (χ4v) is 5.21. The maximum Gasteiger partial charge on any atom is 0.324 e. The molecule has 138 valence electrons. The van der Waals surface area contributed by atoms with Gasteiger partial charge in [-0.1, -0.05) is 52.2 Å². The van der Waals surface area contributed by atoms with Crippen LogP contribution < -0.4 is 0 Å². The van der Waals surface area contributed by atoms with Crippen molar-refractivity contribution in [3.63, 3.8) is 0 Å². The molecule has 25 heavy (non-hydrogen) atoms. The molecule has 4 nitrogen and oxygen atoms in total. The van der Waals surface area contributed by atoms with E-state index >= 15 is 0 Å². The zero-order chi connectivity index (χ0) is 18.7. The molecule has 0 bridgehead atoms. The Kier molecular flexibility index (Phi) is 6.09. The van der Waals surface area contributed by atoms with E-state index in [4.69, 9.17) is 9.47 Å². The molecule has 0 amide bonds. The quantitative estimate of drug-likeness (QED) is 0.362. The van der Waals surface area contributed by atoms with Gasteiger partial charge in [-0.2, -0.15) is 0 Å². The Morgan fingerprint density at radius 1 is 1.20 bits per heavy atom. The van der Waals surface area contributed by atoms with E-state index in [0.717, 1.165) is 42.6 Å². The van der Waals surface area contributed by atoms with Crippen molar-refractivity contribution in [1.29, 1.82) is 0 Å². The topological polar surface area (TPSA) is 52.6 Å². The molecule has 0 aliphatic heterocycles. The highest BCUT2D eigenvalue weighted by Crippen LogP contribution is 2.77. The SMILES string of the molecule is C=C(c1cccs1)[C@@]1(CCCCCC)[C@H](C)C1(C(=O)OC)C(=O)OC. The first kappa shape index (κ1) is 19.7. The third-order valence-corrected chi connectivity index (χ3v) is 6.74. The highest BCUT2D eigenvalue weighted by molar-refractivity contribution is 7.11. The van der Waals surface area contributed by atoms with Gasteiger partial charge in [0.15, 0.2) is 5.41 Å². The molecule has 1 aromatic rings. The lowest BCUT2D eigenvalue weighted by molar-refractivity contribution is -0.163. The van der Waals surface area contributed by atoms with E-state index in [2.05, 4.69) is 13.5 Å². The summed E-state index contributed by atoms with van der Waals surface area (Å²) in [7, 11) is 2.65. The number of esters is 2. The normalized spacial score (nSPS) is 23.8. The van der Waals surface area contributed by atoms with Crippen molar-refractivity contribution in [2.45, 2.75) is 46.0 Å². The summed E-state index contributed by atoms with van der Waals surface area (Å²) in [5.41, 5.74) is -1.07. The summed E-state index contributed by atoms with van der Waals surface area (Å²) in [4.78, 5) is 26.5. The molecule has 5 heteroatoms. The first-order chi connectivity index (χ1) is 11.9. The number of thiophene rings is 1.